The first kappa shape index (κ1) is 22.5. The summed E-state index contributed by atoms with van der Waals surface area (Å²) in [6.45, 7) is 12.3. The van der Waals surface area contributed by atoms with Crippen LogP contribution in [0, 0.1) is 0 Å². The number of nitrogens with one attached hydrogen (secondary N) is 1. The number of ether oxygens (including phenoxy) is 1. The van der Waals surface area contributed by atoms with Gasteiger partial charge >= 0.3 is 0 Å². The zero-order valence-corrected chi connectivity index (χ0v) is 18.5. The maximum Gasteiger partial charge on any atom is 0.219 e. The van der Waals surface area contributed by atoms with E-state index in [1.165, 1.54) is 0 Å². The molecule has 0 aromatic heterocycles. The first-order valence-corrected chi connectivity index (χ1v) is 9.04. The van der Waals surface area contributed by atoms with Gasteiger partial charge in [-0.05, 0) is 38.5 Å². The van der Waals surface area contributed by atoms with Gasteiger partial charge in [-0.25, -0.2) is 4.99 Å². The van der Waals surface area contributed by atoms with Crippen molar-refractivity contribution in [1.29, 1.82) is 0 Å². The van der Waals surface area contributed by atoms with Gasteiger partial charge in [-0.2, -0.15) is 0 Å². The molecule has 1 aliphatic heterocycles. The number of hydrogen-bond acceptors (Lipinski definition) is 3. The lowest BCUT2D eigenvalue weighted by molar-refractivity contribution is -0.130. The summed E-state index contributed by atoms with van der Waals surface area (Å²) in [4.78, 5) is 20.3. The third kappa shape index (κ3) is 7.01. The SMILES string of the molecule is CCNC(=NCc1ccc(OC(C)C)cc1)N1CCN(C(C)=O)CC1.I. The van der Waals surface area contributed by atoms with E-state index in [-0.39, 0.29) is 36.0 Å². The minimum atomic E-state index is 0. The molecule has 146 valence electrons. The van der Waals surface area contributed by atoms with Crippen molar-refractivity contribution in [2.24, 2.45) is 4.99 Å². The third-order valence-corrected chi connectivity index (χ3v) is 4.07. The number of benzene rings is 1. The van der Waals surface area contributed by atoms with Crippen LogP contribution >= 0.6 is 24.0 Å². The smallest absolute Gasteiger partial charge is 0.219 e. The second-order valence-corrected chi connectivity index (χ2v) is 6.47. The molecular weight excluding hydrogens is 443 g/mol. The first-order valence-electron chi connectivity index (χ1n) is 9.04. The minimum Gasteiger partial charge on any atom is -0.491 e. The summed E-state index contributed by atoms with van der Waals surface area (Å²) in [6.07, 6.45) is 0.179. The molecule has 1 aromatic carbocycles. The van der Waals surface area contributed by atoms with Crippen LogP contribution in [-0.2, 0) is 11.3 Å². The molecule has 0 atom stereocenters. The molecule has 0 spiro atoms. The monoisotopic (exact) mass is 474 g/mol. The number of carbonyl (C=O) groups is 1. The Balaban J connectivity index is 0.00000338. The van der Waals surface area contributed by atoms with Gasteiger partial charge in [-0.3, -0.25) is 4.79 Å². The van der Waals surface area contributed by atoms with Gasteiger partial charge in [0, 0.05) is 39.6 Å². The fraction of sp³-hybridized carbons (Fsp3) is 0.579. The Labute approximate surface area is 174 Å². The standard InChI is InChI=1S/C19H30N4O2.HI/c1-5-20-19(23-12-10-22(11-13-23)16(4)24)21-14-17-6-8-18(9-7-17)25-15(2)3;/h6-9,15H,5,10-14H2,1-4H3,(H,20,21);1H. The molecule has 2 rings (SSSR count). The molecule has 1 N–H and O–H groups in total. The molecule has 0 bridgehead atoms. The Hall–Kier alpha value is -1.51. The summed E-state index contributed by atoms with van der Waals surface area (Å²) in [5.74, 6) is 1.94. The van der Waals surface area contributed by atoms with Gasteiger partial charge in [0.05, 0.1) is 12.6 Å². The van der Waals surface area contributed by atoms with Gasteiger partial charge in [0.1, 0.15) is 5.75 Å². The highest BCUT2D eigenvalue weighted by Crippen LogP contribution is 2.14. The summed E-state index contributed by atoms with van der Waals surface area (Å²) in [7, 11) is 0. The fourth-order valence-corrected chi connectivity index (χ4v) is 2.77. The highest BCUT2D eigenvalue weighted by Gasteiger charge is 2.20. The molecule has 7 heteroatoms. The number of piperazine rings is 1. The number of rotatable bonds is 5. The van der Waals surface area contributed by atoms with Crippen molar-refractivity contribution in [3.05, 3.63) is 29.8 Å². The molecule has 0 saturated carbocycles. The van der Waals surface area contributed by atoms with E-state index in [1.807, 2.05) is 30.9 Å². The van der Waals surface area contributed by atoms with Gasteiger partial charge in [-0.15, -0.1) is 24.0 Å². The van der Waals surface area contributed by atoms with Crippen LogP contribution in [0.15, 0.2) is 29.3 Å². The Bertz CT molecular complexity index is 582. The van der Waals surface area contributed by atoms with Crippen molar-refractivity contribution in [3.63, 3.8) is 0 Å². The van der Waals surface area contributed by atoms with Crippen LogP contribution in [0.2, 0.25) is 0 Å². The van der Waals surface area contributed by atoms with Crippen LogP contribution in [0.25, 0.3) is 0 Å². The van der Waals surface area contributed by atoms with Crippen molar-refractivity contribution in [3.8, 4) is 5.75 Å². The zero-order valence-electron chi connectivity index (χ0n) is 16.2. The topological polar surface area (TPSA) is 57.2 Å². The average Bonchev–Trinajstić information content (AvgIpc) is 2.59. The summed E-state index contributed by atoms with van der Waals surface area (Å²) >= 11 is 0. The molecule has 1 aliphatic rings. The maximum atomic E-state index is 11.5. The second-order valence-electron chi connectivity index (χ2n) is 6.47. The van der Waals surface area contributed by atoms with Crippen LogP contribution in [0.4, 0.5) is 0 Å². The predicted octanol–water partition coefficient (Wildman–Crippen LogP) is 2.72. The second kappa shape index (κ2) is 11.3. The summed E-state index contributed by atoms with van der Waals surface area (Å²) in [5, 5.41) is 3.35. The minimum absolute atomic E-state index is 0. The van der Waals surface area contributed by atoms with E-state index in [9.17, 15) is 4.79 Å². The molecule has 1 fully saturated rings. The van der Waals surface area contributed by atoms with Gasteiger partial charge < -0.3 is 19.9 Å². The van der Waals surface area contributed by atoms with E-state index in [2.05, 4.69) is 29.3 Å². The van der Waals surface area contributed by atoms with E-state index < -0.39 is 0 Å². The summed E-state index contributed by atoms with van der Waals surface area (Å²) in [6, 6.07) is 8.09. The van der Waals surface area contributed by atoms with Crippen LogP contribution in [0.1, 0.15) is 33.3 Å². The lowest BCUT2D eigenvalue weighted by atomic mass is 10.2. The quantitative estimate of drug-likeness (QED) is 0.405. The molecule has 0 aliphatic carbocycles. The number of amides is 1. The molecule has 1 aromatic rings. The van der Waals surface area contributed by atoms with E-state index in [0.717, 1.165) is 50.0 Å². The van der Waals surface area contributed by atoms with Gasteiger partial charge in [0.2, 0.25) is 5.91 Å². The number of halogens is 1. The van der Waals surface area contributed by atoms with Gasteiger partial charge in [0.25, 0.3) is 0 Å². The van der Waals surface area contributed by atoms with E-state index in [0.29, 0.717) is 6.54 Å². The fourth-order valence-electron chi connectivity index (χ4n) is 2.77. The predicted molar refractivity (Wildman–Crippen MR) is 116 cm³/mol. The van der Waals surface area contributed by atoms with Crippen molar-refractivity contribution in [1.82, 2.24) is 15.1 Å². The third-order valence-electron chi connectivity index (χ3n) is 4.07. The molecular formula is C19H31IN4O2. The summed E-state index contributed by atoms with van der Waals surface area (Å²) < 4.78 is 5.67. The number of guanidine groups is 1. The highest BCUT2D eigenvalue weighted by molar-refractivity contribution is 14.0. The molecule has 1 amide bonds. The lowest BCUT2D eigenvalue weighted by Crippen LogP contribution is -2.53. The molecule has 1 heterocycles. The maximum absolute atomic E-state index is 11.5. The molecule has 26 heavy (non-hydrogen) atoms. The Kier molecular flexibility index (Phi) is 9.75. The van der Waals surface area contributed by atoms with Crippen LogP contribution in [0.5, 0.6) is 5.75 Å². The number of nitrogens with zero attached hydrogens (tertiary/aromatic N) is 3. The number of hydrogen-bond donors (Lipinski definition) is 1. The Morgan fingerprint density at radius 2 is 1.73 bits per heavy atom. The summed E-state index contributed by atoms with van der Waals surface area (Å²) in [5.41, 5.74) is 1.15. The normalized spacial score (nSPS) is 14.9. The largest absolute Gasteiger partial charge is 0.491 e. The van der Waals surface area contributed by atoms with E-state index in [1.54, 1.807) is 6.92 Å². The average molecular weight is 474 g/mol. The number of carbonyl (C=O) groups excluding carboxylic acids is 1. The molecule has 6 nitrogen and oxygen atoms in total. The first-order chi connectivity index (χ1) is 12.0. The van der Waals surface area contributed by atoms with Crippen LogP contribution in [0.3, 0.4) is 0 Å². The molecule has 0 radical (unpaired) electrons. The van der Waals surface area contributed by atoms with Crippen molar-refractivity contribution in [2.45, 2.75) is 40.3 Å². The van der Waals surface area contributed by atoms with Crippen molar-refractivity contribution in [2.75, 3.05) is 32.7 Å². The Morgan fingerprint density at radius 3 is 2.23 bits per heavy atom. The molecule has 0 unspecified atom stereocenters. The van der Waals surface area contributed by atoms with Crippen LogP contribution < -0.4 is 10.1 Å². The van der Waals surface area contributed by atoms with Gasteiger partial charge in [-0.1, -0.05) is 12.1 Å². The zero-order chi connectivity index (χ0) is 18.2. The number of aliphatic imine (C=N–C) groups is 1. The molecule has 1 saturated heterocycles. The highest BCUT2D eigenvalue weighted by atomic mass is 127. The van der Waals surface area contributed by atoms with E-state index >= 15 is 0 Å². The Morgan fingerprint density at radius 1 is 1.15 bits per heavy atom. The van der Waals surface area contributed by atoms with Crippen LogP contribution in [-0.4, -0.2) is 60.5 Å². The van der Waals surface area contributed by atoms with Crippen molar-refractivity contribution >= 4 is 35.8 Å². The van der Waals surface area contributed by atoms with E-state index in [4.69, 9.17) is 9.73 Å². The van der Waals surface area contributed by atoms with Crippen molar-refractivity contribution < 1.29 is 9.53 Å². The lowest BCUT2D eigenvalue weighted by Gasteiger charge is -2.36. The van der Waals surface area contributed by atoms with Gasteiger partial charge in [0.15, 0.2) is 5.96 Å².